The highest BCUT2D eigenvalue weighted by Crippen LogP contribution is 2.50. The van der Waals surface area contributed by atoms with E-state index in [0.717, 1.165) is 6.42 Å². The molecule has 0 aliphatic carbocycles. The summed E-state index contributed by atoms with van der Waals surface area (Å²) in [5.41, 5.74) is -1.66. The number of aliphatic hydroxyl groups is 1. The van der Waals surface area contributed by atoms with Gasteiger partial charge in [0.05, 0.1) is 36.5 Å². The minimum absolute atomic E-state index is 0.00241. The van der Waals surface area contributed by atoms with E-state index in [1.54, 1.807) is 42.5 Å². The molecule has 3 aromatic carbocycles. The number of nitrogens with zero attached hydrogens (tertiary/aromatic N) is 2. The Hall–Kier alpha value is -6.20. The van der Waals surface area contributed by atoms with Crippen LogP contribution in [-0.2, 0) is 6.18 Å². The van der Waals surface area contributed by atoms with E-state index in [4.69, 9.17) is 25.5 Å². The number of alkyl halides is 4. The summed E-state index contributed by atoms with van der Waals surface area (Å²) in [7, 11) is 1.49. The zero-order valence-corrected chi connectivity index (χ0v) is 30.7. The largest absolute Gasteiger partial charge is 0.493 e. The van der Waals surface area contributed by atoms with Gasteiger partial charge in [-0.25, -0.2) is 9.59 Å². The second-order valence-corrected chi connectivity index (χ2v) is 14.1. The quantitative estimate of drug-likeness (QED) is 0.0960. The number of hydrogen-bond acceptors (Lipinski definition) is 8. The van der Waals surface area contributed by atoms with Crippen LogP contribution in [-0.4, -0.2) is 87.7 Å². The first-order valence-corrected chi connectivity index (χ1v) is 18.4. The number of H-pyrrole nitrogens is 2. The molecule has 0 saturated carbocycles. The molecule has 3 amide bonds. The van der Waals surface area contributed by atoms with E-state index in [2.05, 4.69) is 15.3 Å². The number of carboxylic acids is 1. The van der Waals surface area contributed by atoms with Crippen molar-refractivity contribution in [1.29, 1.82) is 0 Å². The average molecular weight is 808 g/mol. The second kappa shape index (κ2) is 14.4. The van der Waals surface area contributed by atoms with Crippen molar-refractivity contribution in [3.05, 3.63) is 82.9 Å². The summed E-state index contributed by atoms with van der Waals surface area (Å²) in [4.78, 5) is 61.2. The number of amides is 3. The number of aromatic amines is 2. The fourth-order valence-electron chi connectivity index (χ4n) is 7.78. The number of methoxy groups -OCH3 is 1. The van der Waals surface area contributed by atoms with Gasteiger partial charge in [0, 0.05) is 58.3 Å². The summed E-state index contributed by atoms with van der Waals surface area (Å²) in [5, 5.41) is 23.6. The van der Waals surface area contributed by atoms with Crippen LogP contribution in [0.1, 0.15) is 67.8 Å². The Morgan fingerprint density at radius 1 is 1.04 bits per heavy atom. The summed E-state index contributed by atoms with van der Waals surface area (Å²) in [6.07, 6.45) is -4.29. The van der Waals surface area contributed by atoms with Gasteiger partial charge < -0.3 is 49.2 Å². The maximum absolute atomic E-state index is 14.4. The molecule has 2 atom stereocenters. The summed E-state index contributed by atoms with van der Waals surface area (Å²) in [6, 6.07) is 13.9. The number of nitrogens with one attached hydrogen (secondary N) is 3. The molecule has 5 heterocycles. The third kappa shape index (κ3) is 6.55. The van der Waals surface area contributed by atoms with Gasteiger partial charge in [-0.1, -0.05) is 12.1 Å². The number of aromatic nitrogens is 2. The van der Waals surface area contributed by atoms with Crippen LogP contribution in [0.5, 0.6) is 11.5 Å². The van der Waals surface area contributed by atoms with Crippen molar-refractivity contribution in [3.63, 3.8) is 0 Å². The number of benzene rings is 3. The molecule has 1 unspecified atom stereocenters. The van der Waals surface area contributed by atoms with Crippen LogP contribution in [0.25, 0.3) is 32.8 Å². The van der Waals surface area contributed by atoms with E-state index in [-0.39, 0.29) is 48.3 Å². The fraction of sp³-hybridized carbons (Fsp3) is 0.282. The molecule has 8 rings (SSSR count). The first kappa shape index (κ1) is 37.7. The number of carboxylic acid groups (broad SMARTS) is 1. The number of halogens is 4. The van der Waals surface area contributed by atoms with E-state index in [0.29, 0.717) is 46.2 Å². The molecule has 57 heavy (non-hydrogen) atoms. The van der Waals surface area contributed by atoms with E-state index < -0.39 is 69.9 Å². The fourth-order valence-corrected chi connectivity index (χ4v) is 8.04. The van der Waals surface area contributed by atoms with Gasteiger partial charge in [0.25, 0.3) is 11.8 Å². The standard InChI is InChI=1S/C39H33ClF3N5O9/c1-55-26-7-4-5-18-13-28(56-33(18)26)35(50)44-21-8-9-23-19(11-21)12-24(45-23)36(51)48-16-20(15-40)29-25(48)14-27(57-38(54)47-10-3-2-6-22(47)17-49)32-30(29)31(37(52)53)34(46-32)39(41,42)43/h4-5,7-9,11-14,20,22,45-46,49H,2-3,6,10,15-17H2,1H3,(H,44,50)(H,52,53)/t20-,22?/m1/s1. The van der Waals surface area contributed by atoms with Gasteiger partial charge in [0.1, 0.15) is 11.4 Å². The molecule has 5 N–H and O–H groups in total. The Bertz CT molecular complexity index is 2610. The van der Waals surface area contributed by atoms with Crippen LogP contribution < -0.4 is 19.7 Å². The number of hydrogen-bond donors (Lipinski definition) is 5. The van der Waals surface area contributed by atoms with E-state index in [1.807, 2.05) is 0 Å². The lowest BCUT2D eigenvalue weighted by Crippen LogP contribution is -2.46. The van der Waals surface area contributed by atoms with Crippen molar-refractivity contribution in [2.45, 2.75) is 37.4 Å². The number of anilines is 2. The lowest BCUT2D eigenvalue weighted by molar-refractivity contribution is -0.141. The van der Waals surface area contributed by atoms with Gasteiger partial charge in [-0.2, -0.15) is 13.2 Å². The van der Waals surface area contributed by atoms with Crippen molar-refractivity contribution in [3.8, 4) is 11.5 Å². The first-order chi connectivity index (χ1) is 27.3. The van der Waals surface area contributed by atoms with Gasteiger partial charge in [0.2, 0.25) is 0 Å². The van der Waals surface area contributed by atoms with Crippen molar-refractivity contribution >= 4 is 79.6 Å². The lowest BCUT2D eigenvalue weighted by atomic mass is 9.95. The molecule has 2 aliphatic heterocycles. The summed E-state index contributed by atoms with van der Waals surface area (Å²) < 4.78 is 59.9. The smallest absolute Gasteiger partial charge is 0.432 e. The maximum atomic E-state index is 14.4. The number of aliphatic hydroxyl groups excluding tert-OH is 1. The zero-order chi connectivity index (χ0) is 40.3. The summed E-state index contributed by atoms with van der Waals surface area (Å²) in [6.45, 7) is -0.294. The Labute approximate surface area is 325 Å². The van der Waals surface area contributed by atoms with Crippen LogP contribution >= 0.6 is 11.6 Å². The average Bonchev–Trinajstić information content (AvgIpc) is 3.99. The second-order valence-electron chi connectivity index (χ2n) is 13.8. The van der Waals surface area contributed by atoms with Crippen LogP contribution in [0, 0.1) is 0 Å². The number of para-hydroxylation sites is 1. The number of carbonyl (C=O) groups excluding carboxylic acids is 3. The zero-order valence-electron chi connectivity index (χ0n) is 30.0. The molecule has 0 bridgehead atoms. The maximum Gasteiger partial charge on any atom is 0.432 e. The Kier molecular flexibility index (Phi) is 9.52. The van der Waals surface area contributed by atoms with Crippen LogP contribution in [0.15, 0.2) is 59.0 Å². The molecular weight excluding hydrogens is 775 g/mol. The molecule has 6 aromatic rings. The summed E-state index contributed by atoms with van der Waals surface area (Å²) >= 11 is 6.35. The predicted molar refractivity (Wildman–Crippen MR) is 202 cm³/mol. The van der Waals surface area contributed by atoms with Gasteiger partial charge in [0.15, 0.2) is 22.8 Å². The molecule has 3 aromatic heterocycles. The monoisotopic (exact) mass is 807 g/mol. The van der Waals surface area contributed by atoms with Crippen molar-refractivity contribution in [1.82, 2.24) is 14.9 Å². The Morgan fingerprint density at radius 3 is 2.56 bits per heavy atom. The van der Waals surface area contributed by atoms with Crippen molar-refractivity contribution < 1.29 is 56.5 Å². The number of rotatable bonds is 8. The number of carbonyl (C=O) groups is 4. The van der Waals surface area contributed by atoms with E-state index >= 15 is 0 Å². The molecule has 0 radical (unpaired) electrons. The van der Waals surface area contributed by atoms with E-state index in [1.165, 1.54) is 29.0 Å². The van der Waals surface area contributed by atoms with Gasteiger partial charge in [-0.15, -0.1) is 11.6 Å². The Morgan fingerprint density at radius 2 is 1.84 bits per heavy atom. The highest BCUT2D eigenvalue weighted by Gasteiger charge is 2.44. The predicted octanol–water partition coefficient (Wildman–Crippen LogP) is 7.70. The van der Waals surface area contributed by atoms with Crippen LogP contribution in [0.2, 0.25) is 0 Å². The molecule has 0 spiro atoms. The molecule has 296 valence electrons. The number of furan rings is 1. The normalized spacial score (nSPS) is 17.0. The van der Waals surface area contributed by atoms with Gasteiger partial charge in [-0.3, -0.25) is 9.59 Å². The first-order valence-electron chi connectivity index (χ1n) is 17.8. The number of fused-ring (bicyclic) bond motifs is 5. The number of aromatic carboxylic acids is 1. The lowest BCUT2D eigenvalue weighted by Gasteiger charge is -2.33. The molecular formula is C39H33ClF3N5O9. The van der Waals surface area contributed by atoms with E-state index in [9.17, 15) is 42.6 Å². The number of likely N-dealkylation sites (tertiary alicyclic amines) is 1. The highest BCUT2D eigenvalue weighted by molar-refractivity contribution is 6.20. The highest BCUT2D eigenvalue weighted by atomic mass is 35.5. The minimum atomic E-state index is -5.15. The third-order valence-corrected chi connectivity index (χ3v) is 10.8. The van der Waals surface area contributed by atoms with Crippen LogP contribution in [0.4, 0.5) is 29.3 Å². The van der Waals surface area contributed by atoms with Crippen LogP contribution in [0.3, 0.4) is 0 Å². The molecule has 1 saturated heterocycles. The number of piperidine rings is 1. The third-order valence-electron chi connectivity index (χ3n) is 10.4. The van der Waals surface area contributed by atoms with Gasteiger partial charge in [-0.05, 0) is 61.2 Å². The topological polar surface area (TPSA) is 190 Å². The van der Waals surface area contributed by atoms with Crippen molar-refractivity contribution in [2.75, 3.05) is 42.9 Å². The number of ether oxygens (including phenoxy) is 2. The molecule has 18 heteroatoms. The van der Waals surface area contributed by atoms with Crippen molar-refractivity contribution in [2.24, 2.45) is 0 Å². The molecule has 14 nitrogen and oxygen atoms in total. The Balaban J connectivity index is 1.16. The summed E-state index contributed by atoms with van der Waals surface area (Å²) in [5.74, 6) is -4.02. The SMILES string of the molecule is COc1cccc2cc(C(=O)Nc3ccc4[nH]c(C(=O)N5C[C@@H](CCl)c6c5cc(OC(=O)N5CCCCC5CO)c5[nH]c(C(F)(F)F)c(C(=O)O)c65)cc4c3)oc12. The molecule has 2 aliphatic rings. The minimum Gasteiger partial charge on any atom is -0.493 e. The molecule has 1 fully saturated rings. The van der Waals surface area contributed by atoms with Gasteiger partial charge >= 0.3 is 18.2 Å².